The number of carbonyl (C=O) groups excluding carboxylic acids is 1. The second-order valence-corrected chi connectivity index (χ2v) is 4.65. The van der Waals surface area contributed by atoms with E-state index in [0.717, 1.165) is 10.5 Å². The molecule has 2 rings (SSSR count). The molecule has 0 aliphatic heterocycles. The number of thioether (sulfide) groups is 1. The molecule has 4 nitrogen and oxygen atoms in total. The van der Waals surface area contributed by atoms with Crippen molar-refractivity contribution < 1.29 is 9.32 Å². The first kappa shape index (κ1) is 11.9. The molecule has 1 aromatic carbocycles. The van der Waals surface area contributed by atoms with Gasteiger partial charge in [-0.15, -0.1) is 11.8 Å². The van der Waals surface area contributed by atoms with Crippen molar-refractivity contribution >= 4 is 17.5 Å². The minimum absolute atomic E-state index is 0.0721. The Morgan fingerprint density at radius 2 is 2.29 bits per heavy atom. The molecule has 0 atom stereocenters. The lowest BCUT2D eigenvalue weighted by atomic mass is 10.2. The van der Waals surface area contributed by atoms with Gasteiger partial charge in [-0.3, -0.25) is 4.79 Å². The molecule has 5 heteroatoms. The van der Waals surface area contributed by atoms with Crippen LogP contribution in [0.4, 0.5) is 0 Å². The summed E-state index contributed by atoms with van der Waals surface area (Å²) in [6.45, 7) is 3.32. The van der Waals surface area contributed by atoms with Crippen molar-refractivity contribution in [3.05, 3.63) is 41.5 Å². The zero-order valence-electron chi connectivity index (χ0n) is 9.64. The summed E-state index contributed by atoms with van der Waals surface area (Å²) < 4.78 is 4.89. The molecule has 0 spiro atoms. The lowest BCUT2D eigenvalue weighted by molar-refractivity contribution is 0.101. The summed E-state index contributed by atoms with van der Waals surface area (Å²) in [6, 6.07) is 7.52. The van der Waals surface area contributed by atoms with Crippen molar-refractivity contribution in [2.75, 3.05) is 0 Å². The first-order chi connectivity index (χ1) is 8.15. The van der Waals surface area contributed by atoms with Gasteiger partial charge >= 0.3 is 0 Å². The predicted octanol–water partition coefficient (Wildman–Crippen LogP) is 2.87. The van der Waals surface area contributed by atoms with Crippen LogP contribution in [0, 0.1) is 6.92 Å². The van der Waals surface area contributed by atoms with Crippen molar-refractivity contribution in [3.8, 4) is 0 Å². The van der Waals surface area contributed by atoms with E-state index < -0.39 is 0 Å². The molecular weight excluding hydrogens is 236 g/mol. The minimum Gasteiger partial charge on any atom is -0.340 e. The van der Waals surface area contributed by atoms with E-state index >= 15 is 0 Å². The third-order valence-corrected chi connectivity index (χ3v) is 3.17. The van der Waals surface area contributed by atoms with Crippen LogP contribution in [0.5, 0.6) is 0 Å². The van der Waals surface area contributed by atoms with Gasteiger partial charge in [-0.1, -0.05) is 17.3 Å². The molecule has 0 unspecified atom stereocenters. The molecule has 0 aliphatic carbocycles. The molecule has 2 aromatic rings. The maximum absolute atomic E-state index is 11.2. The van der Waals surface area contributed by atoms with Gasteiger partial charge < -0.3 is 4.52 Å². The summed E-state index contributed by atoms with van der Waals surface area (Å²) in [4.78, 5) is 16.4. The van der Waals surface area contributed by atoms with Gasteiger partial charge in [-0.05, 0) is 19.1 Å². The van der Waals surface area contributed by atoms with E-state index in [1.165, 1.54) is 0 Å². The van der Waals surface area contributed by atoms with Crippen LogP contribution >= 0.6 is 11.8 Å². The smallest absolute Gasteiger partial charge is 0.223 e. The number of nitrogens with zero attached hydrogens (tertiary/aromatic N) is 2. The van der Waals surface area contributed by atoms with E-state index in [1.807, 2.05) is 24.3 Å². The van der Waals surface area contributed by atoms with Crippen molar-refractivity contribution in [3.63, 3.8) is 0 Å². The molecule has 1 heterocycles. The molecule has 0 fully saturated rings. The van der Waals surface area contributed by atoms with Gasteiger partial charge in [0.1, 0.15) is 0 Å². The zero-order valence-corrected chi connectivity index (χ0v) is 10.5. The van der Waals surface area contributed by atoms with Crippen molar-refractivity contribution in [1.29, 1.82) is 0 Å². The molecule has 0 bridgehead atoms. The van der Waals surface area contributed by atoms with E-state index in [4.69, 9.17) is 4.52 Å². The van der Waals surface area contributed by atoms with Gasteiger partial charge in [0.25, 0.3) is 0 Å². The number of rotatable bonds is 4. The SMILES string of the molecule is CC(=O)c1cccc(SCc2noc(C)n2)c1. The predicted molar refractivity (Wildman–Crippen MR) is 65.0 cm³/mol. The maximum atomic E-state index is 11.2. The normalized spacial score (nSPS) is 10.5. The molecule has 0 amide bonds. The average molecular weight is 248 g/mol. The number of hydrogen-bond acceptors (Lipinski definition) is 5. The van der Waals surface area contributed by atoms with Gasteiger partial charge in [0.05, 0.1) is 5.75 Å². The van der Waals surface area contributed by atoms with Gasteiger partial charge in [0.2, 0.25) is 5.89 Å². The Bertz CT molecular complexity index is 537. The standard InChI is InChI=1S/C12H12N2O2S/c1-8(15)10-4-3-5-11(6-10)17-7-12-13-9(2)16-14-12/h3-6H,7H2,1-2H3. The number of ketones is 1. The molecule has 17 heavy (non-hydrogen) atoms. The van der Waals surface area contributed by atoms with Gasteiger partial charge in [-0.25, -0.2) is 0 Å². The van der Waals surface area contributed by atoms with Gasteiger partial charge in [-0.2, -0.15) is 4.98 Å². The Morgan fingerprint density at radius 1 is 1.47 bits per heavy atom. The third kappa shape index (κ3) is 3.17. The minimum atomic E-state index is 0.0721. The van der Waals surface area contributed by atoms with E-state index in [0.29, 0.717) is 17.5 Å². The topological polar surface area (TPSA) is 56.0 Å². The van der Waals surface area contributed by atoms with Crippen LogP contribution in [0.25, 0.3) is 0 Å². The van der Waals surface area contributed by atoms with Crippen LogP contribution in [0.1, 0.15) is 29.0 Å². The second kappa shape index (κ2) is 5.14. The summed E-state index contributed by atoms with van der Waals surface area (Å²) in [5.74, 6) is 1.94. The fourth-order valence-corrected chi connectivity index (χ4v) is 2.15. The van der Waals surface area contributed by atoms with Crippen LogP contribution in [0.3, 0.4) is 0 Å². The van der Waals surface area contributed by atoms with Crippen LogP contribution < -0.4 is 0 Å². The van der Waals surface area contributed by atoms with Crippen molar-refractivity contribution in [1.82, 2.24) is 10.1 Å². The maximum Gasteiger partial charge on any atom is 0.223 e. The summed E-state index contributed by atoms with van der Waals surface area (Å²) in [6.07, 6.45) is 0. The lowest BCUT2D eigenvalue weighted by Crippen LogP contribution is -1.91. The Kier molecular flexibility index (Phi) is 3.58. The highest BCUT2D eigenvalue weighted by molar-refractivity contribution is 7.98. The second-order valence-electron chi connectivity index (χ2n) is 3.60. The number of aromatic nitrogens is 2. The molecule has 1 aromatic heterocycles. The van der Waals surface area contributed by atoms with Crippen LogP contribution in [0.15, 0.2) is 33.7 Å². The Morgan fingerprint density at radius 3 is 2.94 bits per heavy atom. The van der Waals surface area contributed by atoms with E-state index in [2.05, 4.69) is 10.1 Å². The summed E-state index contributed by atoms with van der Waals surface area (Å²) in [7, 11) is 0. The molecule has 0 aliphatic rings. The van der Waals surface area contributed by atoms with E-state index in [9.17, 15) is 4.79 Å². The van der Waals surface area contributed by atoms with Gasteiger partial charge in [0, 0.05) is 17.4 Å². The van der Waals surface area contributed by atoms with E-state index in [-0.39, 0.29) is 5.78 Å². The number of aryl methyl sites for hydroxylation is 1. The quantitative estimate of drug-likeness (QED) is 0.615. The van der Waals surface area contributed by atoms with Crippen LogP contribution in [-0.4, -0.2) is 15.9 Å². The highest BCUT2D eigenvalue weighted by atomic mass is 32.2. The van der Waals surface area contributed by atoms with E-state index in [1.54, 1.807) is 25.6 Å². The summed E-state index contributed by atoms with van der Waals surface area (Å²) in [5, 5.41) is 3.81. The molecule has 88 valence electrons. The zero-order chi connectivity index (χ0) is 12.3. The third-order valence-electron chi connectivity index (χ3n) is 2.18. The molecule has 0 saturated carbocycles. The highest BCUT2D eigenvalue weighted by Gasteiger charge is 2.05. The number of benzene rings is 1. The molecular formula is C12H12N2O2S. The average Bonchev–Trinajstić information content (AvgIpc) is 2.73. The molecule has 0 saturated heterocycles. The number of hydrogen-bond donors (Lipinski definition) is 0. The van der Waals surface area contributed by atoms with Crippen LogP contribution in [0.2, 0.25) is 0 Å². The first-order valence-electron chi connectivity index (χ1n) is 5.18. The van der Waals surface area contributed by atoms with Crippen molar-refractivity contribution in [2.45, 2.75) is 24.5 Å². The fraction of sp³-hybridized carbons (Fsp3) is 0.250. The lowest BCUT2D eigenvalue weighted by Gasteiger charge is -2.00. The Balaban J connectivity index is 2.04. The van der Waals surface area contributed by atoms with Crippen LogP contribution in [-0.2, 0) is 5.75 Å². The summed E-state index contributed by atoms with van der Waals surface area (Å²) in [5.41, 5.74) is 0.722. The molecule has 0 radical (unpaired) electrons. The Hall–Kier alpha value is -1.62. The number of carbonyl (C=O) groups is 1. The summed E-state index contributed by atoms with van der Waals surface area (Å²) >= 11 is 1.58. The number of Topliss-reactive ketones (excluding diaryl/α,β-unsaturated/α-hetero) is 1. The fourth-order valence-electron chi connectivity index (χ4n) is 1.35. The Labute approximate surface area is 103 Å². The van der Waals surface area contributed by atoms with Crippen molar-refractivity contribution in [2.24, 2.45) is 0 Å². The highest BCUT2D eigenvalue weighted by Crippen LogP contribution is 2.22. The van der Waals surface area contributed by atoms with Gasteiger partial charge in [0.15, 0.2) is 11.6 Å². The monoisotopic (exact) mass is 248 g/mol. The molecule has 0 N–H and O–H groups in total. The largest absolute Gasteiger partial charge is 0.340 e. The first-order valence-corrected chi connectivity index (χ1v) is 6.16.